The summed E-state index contributed by atoms with van der Waals surface area (Å²) >= 11 is 0. The minimum atomic E-state index is -3.98. The van der Waals surface area contributed by atoms with Crippen LogP contribution in [0.3, 0.4) is 0 Å². The molecule has 18 nitrogen and oxygen atoms in total. The Bertz CT molecular complexity index is 3590. The van der Waals surface area contributed by atoms with Crippen LogP contribution < -0.4 is 0 Å². The molecule has 0 spiro atoms. The first-order valence-corrected chi connectivity index (χ1v) is 27.0. The highest BCUT2D eigenvalue weighted by Crippen LogP contribution is 2.41. The fraction of sp³-hybridized carbons (Fsp3) is 0.214. The van der Waals surface area contributed by atoms with Crippen molar-refractivity contribution in [2.75, 3.05) is 13.2 Å². The molecular formula is C56H48N4O14S2. The molecule has 0 unspecified atom stereocenters. The molecule has 2 atom stereocenters. The maximum atomic E-state index is 13.9. The number of non-ortho nitro benzene ring substituents is 2. The molecule has 0 saturated carbocycles. The quantitative estimate of drug-likeness (QED) is 0.0478. The predicted octanol–water partition coefficient (Wildman–Crippen LogP) is 9.88. The monoisotopic (exact) mass is 1060 g/mol. The molecule has 0 aliphatic heterocycles. The van der Waals surface area contributed by atoms with Gasteiger partial charge in [-0.15, -0.1) is 0 Å². The number of ketones is 2. The highest BCUT2D eigenvalue weighted by molar-refractivity contribution is 7.90. The molecule has 2 heterocycles. The van der Waals surface area contributed by atoms with Gasteiger partial charge in [-0.25, -0.2) is 34.4 Å². The van der Waals surface area contributed by atoms with Gasteiger partial charge < -0.3 is 9.47 Å². The first-order chi connectivity index (χ1) is 36.3. The lowest BCUT2D eigenvalue weighted by Crippen LogP contribution is -2.17. The van der Waals surface area contributed by atoms with Crippen LogP contribution in [0, 0.1) is 34.1 Å². The molecule has 10 rings (SSSR count). The van der Waals surface area contributed by atoms with E-state index in [1.54, 1.807) is 84.9 Å². The number of nitro groups is 2. The molecule has 76 heavy (non-hydrogen) atoms. The number of esters is 2. The lowest BCUT2D eigenvalue weighted by molar-refractivity contribution is -0.385. The minimum absolute atomic E-state index is 0.0547. The lowest BCUT2D eigenvalue weighted by atomic mass is 9.94. The van der Waals surface area contributed by atoms with Crippen LogP contribution in [0.4, 0.5) is 11.4 Å². The van der Waals surface area contributed by atoms with Gasteiger partial charge in [0, 0.05) is 83.9 Å². The van der Waals surface area contributed by atoms with E-state index in [0.29, 0.717) is 44.3 Å². The number of nitro benzene ring substituents is 2. The van der Waals surface area contributed by atoms with Crippen LogP contribution in [0.15, 0.2) is 155 Å². The van der Waals surface area contributed by atoms with Crippen LogP contribution in [-0.4, -0.2) is 71.3 Å². The van der Waals surface area contributed by atoms with Crippen LogP contribution in [0.25, 0.3) is 21.8 Å². The number of benzene rings is 6. The summed E-state index contributed by atoms with van der Waals surface area (Å²) in [6.45, 7) is 3.46. The second-order valence-corrected chi connectivity index (χ2v) is 22.2. The third-order valence-corrected chi connectivity index (χ3v) is 17.1. The van der Waals surface area contributed by atoms with Crippen LogP contribution in [0.5, 0.6) is 0 Å². The molecule has 0 bridgehead atoms. The number of hydrogen-bond donors (Lipinski definition) is 0. The molecule has 388 valence electrons. The Morgan fingerprint density at radius 3 is 1.20 bits per heavy atom. The molecule has 0 fully saturated rings. The fourth-order valence-corrected chi connectivity index (χ4v) is 13.0. The van der Waals surface area contributed by atoms with Gasteiger partial charge in [0.15, 0.2) is 0 Å². The van der Waals surface area contributed by atoms with Crippen molar-refractivity contribution in [3.05, 3.63) is 211 Å². The van der Waals surface area contributed by atoms with E-state index in [0.717, 1.165) is 11.1 Å². The first kappa shape index (κ1) is 52.3. The van der Waals surface area contributed by atoms with E-state index in [1.165, 1.54) is 56.5 Å². The van der Waals surface area contributed by atoms with Crippen molar-refractivity contribution in [3.8, 4) is 0 Å². The summed E-state index contributed by atoms with van der Waals surface area (Å²) in [6.07, 6.45) is 0.999. The lowest BCUT2D eigenvalue weighted by Gasteiger charge is -2.16. The van der Waals surface area contributed by atoms with Gasteiger partial charge >= 0.3 is 11.9 Å². The van der Waals surface area contributed by atoms with Crippen molar-refractivity contribution in [2.24, 2.45) is 0 Å². The molecule has 2 aliphatic rings. The Labute approximate surface area is 435 Å². The second kappa shape index (κ2) is 21.3. The van der Waals surface area contributed by atoms with E-state index in [2.05, 4.69) is 0 Å². The number of fused-ring (bicyclic) bond motifs is 6. The molecule has 6 aromatic carbocycles. The smallest absolute Gasteiger partial charge is 0.338 e. The van der Waals surface area contributed by atoms with E-state index in [4.69, 9.17) is 9.47 Å². The van der Waals surface area contributed by atoms with Crippen LogP contribution in [-0.2, 0) is 52.0 Å². The number of para-hydroxylation sites is 2. The van der Waals surface area contributed by atoms with Crippen molar-refractivity contribution in [1.29, 1.82) is 0 Å². The molecule has 0 saturated heterocycles. The summed E-state index contributed by atoms with van der Waals surface area (Å²) < 4.78 is 69.2. The number of ether oxygens (including phenoxy) is 2. The largest absolute Gasteiger partial charge is 0.461 e. The zero-order chi connectivity index (χ0) is 54.1. The van der Waals surface area contributed by atoms with Gasteiger partial charge in [-0.1, -0.05) is 71.8 Å². The van der Waals surface area contributed by atoms with Gasteiger partial charge in [-0.05, 0) is 98.5 Å². The maximum Gasteiger partial charge on any atom is 0.338 e. The van der Waals surface area contributed by atoms with Crippen molar-refractivity contribution in [1.82, 2.24) is 7.94 Å². The standard InChI is InChI=1S/2C28H24N2O7S/c2*1-18-6-13-23(14-7-18)38(35,36)29-25-5-3-2-4-24(25)27-20(16-22(31)12-15-26(27)29)17-37-28(32)19-8-10-21(11-9-19)30(33)34/h2*2-11,13-14,20H,12,15-17H2,1H3/t2*20-/m11/s1. The van der Waals surface area contributed by atoms with Crippen LogP contribution >= 0.6 is 0 Å². The van der Waals surface area contributed by atoms with E-state index >= 15 is 0 Å². The maximum absolute atomic E-state index is 13.9. The summed E-state index contributed by atoms with van der Waals surface area (Å²) in [5.41, 5.74) is 5.21. The number of aromatic nitrogens is 2. The van der Waals surface area contributed by atoms with Gasteiger partial charge in [0.2, 0.25) is 0 Å². The third-order valence-electron chi connectivity index (χ3n) is 13.6. The van der Waals surface area contributed by atoms with Gasteiger partial charge in [0.25, 0.3) is 31.4 Å². The molecular weight excluding hydrogens is 1020 g/mol. The third kappa shape index (κ3) is 10.4. The number of aryl methyl sites for hydroxylation is 2. The highest BCUT2D eigenvalue weighted by atomic mass is 32.2. The number of Topliss-reactive ketones (excluding diaryl/α,β-unsaturated/α-hetero) is 2. The van der Waals surface area contributed by atoms with Gasteiger partial charge in [-0.2, -0.15) is 0 Å². The Kier molecular flexibility index (Phi) is 14.7. The first-order valence-electron chi connectivity index (χ1n) is 24.1. The van der Waals surface area contributed by atoms with Gasteiger partial charge in [0.1, 0.15) is 11.6 Å². The average molecular weight is 1070 g/mol. The van der Waals surface area contributed by atoms with E-state index in [1.807, 2.05) is 26.0 Å². The Balaban J connectivity index is 0.000000186. The number of carbonyl (C=O) groups excluding carboxylic acids is 4. The van der Waals surface area contributed by atoms with Crippen molar-refractivity contribution < 1.29 is 55.3 Å². The normalized spacial score (nSPS) is 15.6. The topological polar surface area (TPSA) is 251 Å². The second-order valence-electron chi connectivity index (χ2n) is 18.6. The Morgan fingerprint density at radius 1 is 0.513 bits per heavy atom. The van der Waals surface area contributed by atoms with E-state index in [9.17, 15) is 56.2 Å². The Hall–Kier alpha value is -8.62. The summed E-state index contributed by atoms with van der Waals surface area (Å²) in [7, 11) is -7.96. The van der Waals surface area contributed by atoms with Crippen molar-refractivity contribution in [3.63, 3.8) is 0 Å². The summed E-state index contributed by atoms with van der Waals surface area (Å²) in [5, 5.41) is 23.2. The minimum Gasteiger partial charge on any atom is -0.461 e. The van der Waals surface area contributed by atoms with Crippen molar-refractivity contribution in [2.45, 2.75) is 74.0 Å². The van der Waals surface area contributed by atoms with Crippen molar-refractivity contribution >= 4 is 76.7 Å². The summed E-state index contributed by atoms with van der Waals surface area (Å²) in [6, 6.07) is 37.5. The zero-order valence-corrected chi connectivity index (χ0v) is 42.6. The van der Waals surface area contributed by atoms with E-state index < -0.39 is 53.7 Å². The number of rotatable bonds is 12. The van der Waals surface area contributed by atoms with Gasteiger partial charge in [0.05, 0.1) is 55.0 Å². The van der Waals surface area contributed by atoms with Crippen LogP contribution in [0.2, 0.25) is 0 Å². The summed E-state index contributed by atoms with van der Waals surface area (Å²) in [4.78, 5) is 71.8. The van der Waals surface area contributed by atoms with E-state index in [-0.39, 0.29) is 95.6 Å². The molecule has 0 N–H and O–H groups in total. The molecule has 8 aromatic rings. The number of nitrogens with zero attached hydrogens (tertiary/aromatic N) is 4. The molecule has 20 heteroatoms. The number of carbonyl (C=O) groups is 4. The summed E-state index contributed by atoms with van der Waals surface area (Å²) in [5.74, 6) is -2.59. The fourth-order valence-electron chi connectivity index (χ4n) is 9.86. The van der Waals surface area contributed by atoms with Crippen LogP contribution in [0.1, 0.15) is 91.9 Å². The SMILES string of the molecule is Cc1ccc(S(=O)(=O)n2c3c(c4ccccc42)[C@@H](COC(=O)c2ccc([N+](=O)[O-])cc2)CC(=O)CC3)cc1.Cc1ccc(S(=O)(=O)n2c3c(c4ccccc42)[C@@H](COC(=O)c2ccc([N+](=O)[O-])cc2)CC(=O)CC3)cc1. The average Bonchev–Trinajstić information content (AvgIpc) is 3.83. The number of hydrogen-bond acceptors (Lipinski definition) is 14. The molecule has 2 aliphatic carbocycles. The molecule has 0 amide bonds. The Morgan fingerprint density at radius 2 is 0.855 bits per heavy atom. The molecule has 0 radical (unpaired) electrons. The highest BCUT2D eigenvalue weighted by Gasteiger charge is 2.36. The van der Waals surface area contributed by atoms with Gasteiger partial charge in [-0.3, -0.25) is 29.8 Å². The molecule has 2 aromatic heterocycles. The predicted molar refractivity (Wildman–Crippen MR) is 280 cm³/mol. The zero-order valence-electron chi connectivity index (χ0n) is 41.0.